The number of benzene rings is 2. The standard InChI is InChI=1S/C28H35NO3/c30-26(23-9-6-10-23)29-18-17-27-14-4-5-15-28(27,31)16-13-22-11-12-24(19-25(22)27)32-20-21-7-2-1-3-8-21/h1-3,7-8,11-12,19,23,31H,4-6,9-10,13-18,20H2,(H,29,30)/t27-,28+/m0/s1. The third-order valence-corrected chi connectivity index (χ3v) is 8.31. The molecule has 3 aliphatic carbocycles. The van der Waals surface area contributed by atoms with Gasteiger partial charge in [-0.2, -0.15) is 0 Å². The summed E-state index contributed by atoms with van der Waals surface area (Å²) in [4.78, 5) is 12.4. The second kappa shape index (κ2) is 8.90. The van der Waals surface area contributed by atoms with Crippen LogP contribution in [0.2, 0.25) is 0 Å². The molecule has 0 heterocycles. The number of ether oxygens (including phenoxy) is 1. The van der Waals surface area contributed by atoms with Crippen molar-refractivity contribution in [1.29, 1.82) is 0 Å². The van der Waals surface area contributed by atoms with Gasteiger partial charge in [0.25, 0.3) is 0 Å². The van der Waals surface area contributed by atoms with Crippen LogP contribution in [-0.4, -0.2) is 23.2 Å². The normalized spacial score (nSPS) is 27.0. The number of carbonyl (C=O) groups is 1. The molecule has 4 heteroatoms. The monoisotopic (exact) mass is 433 g/mol. The zero-order valence-corrected chi connectivity index (χ0v) is 18.9. The zero-order chi connectivity index (χ0) is 22.0. The fourth-order valence-electron chi connectivity index (χ4n) is 6.16. The van der Waals surface area contributed by atoms with Gasteiger partial charge in [-0.1, -0.05) is 55.7 Å². The van der Waals surface area contributed by atoms with Crippen molar-refractivity contribution in [2.45, 2.75) is 81.8 Å². The third kappa shape index (κ3) is 3.94. The molecule has 2 atom stereocenters. The first-order chi connectivity index (χ1) is 15.6. The van der Waals surface area contributed by atoms with E-state index in [1.165, 1.54) is 17.5 Å². The van der Waals surface area contributed by atoms with Gasteiger partial charge in [-0.3, -0.25) is 4.79 Å². The van der Waals surface area contributed by atoms with E-state index in [-0.39, 0.29) is 17.2 Å². The lowest BCUT2D eigenvalue weighted by Gasteiger charge is -2.55. The van der Waals surface area contributed by atoms with Gasteiger partial charge in [0.15, 0.2) is 0 Å². The fourth-order valence-corrected chi connectivity index (χ4v) is 6.16. The number of fused-ring (bicyclic) bond motifs is 3. The van der Waals surface area contributed by atoms with E-state index in [0.29, 0.717) is 13.2 Å². The molecule has 0 bridgehead atoms. The van der Waals surface area contributed by atoms with E-state index >= 15 is 0 Å². The zero-order valence-electron chi connectivity index (χ0n) is 18.9. The number of carbonyl (C=O) groups excluding carboxylic acids is 1. The molecule has 0 radical (unpaired) electrons. The van der Waals surface area contributed by atoms with Gasteiger partial charge in [0, 0.05) is 17.9 Å². The quantitative estimate of drug-likeness (QED) is 0.642. The summed E-state index contributed by atoms with van der Waals surface area (Å²) >= 11 is 0. The Balaban J connectivity index is 1.38. The molecule has 0 aliphatic heterocycles. The van der Waals surface area contributed by atoms with E-state index in [2.05, 4.69) is 35.6 Å². The summed E-state index contributed by atoms with van der Waals surface area (Å²) in [5.41, 5.74) is 2.71. The van der Waals surface area contributed by atoms with Gasteiger partial charge in [-0.25, -0.2) is 0 Å². The number of aliphatic hydroxyl groups is 1. The summed E-state index contributed by atoms with van der Waals surface area (Å²) in [6.45, 7) is 1.17. The Morgan fingerprint density at radius 3 is 2.62 bits per heavy atom. The first-order valence-electron chi connectivity index (χ1n) is 12.4. The molecule has 0 unspecified atom stereocenters. The van der Waals surface area contributed by atoms with Crippen LogP contribution in [0.3, 0.4) is 0 Å². The van der Waals surface area contributed by atoms with E-state index in [4.69, 9.17) is 4.74 Å². The van der Waals surface area contributed by atoms with Gasteiger partial charge in [-0.05, 0) is 73.8 Å². The topological polar surface area (TPSA) is 58.6 Å². The van der Waals surface area contributed by atoms with Crippen molar-refractivity contribution in [2.75, 3.05) is 6.54 Å². The summed E-state index contributed by atoms with van der Waals surface area (Å²) in [5, 5.41) is 15.1. The lowest BCUT2D eigenvalue weighted by atomic mass is 9.53. The summed E-state index contributed by atoms with van der Waals surface area (Å²) in [6.07, 6.45) is 9.72. The molecule has 2 aromatic carbocycles. The molecule has 2 aromatic rings. The Bertz CT molecular complexity index is 954. The van der Waals surface area contributed by atoms with Crippen molar-refractivity contribution in [1.82, 2.24) is 5.32 Å². The number of hydrogen-bond donors (Lipinski definition) is 2. The highest BCUT2D eigenvalue weighted by atomic mass is 16.5. The molecule has 4 nitrogen and oxygen atoms in total. The Kier molecular flexibility index (Phi) is 5.98. The molecule has 1 amide bonds. The SMILES string of the molecule is O=C(NCC[C@]12CCCC[C@@]1(O)CCc1ccc(OCc3ccccc3)cc12)C1CCC1. The van der Waals surface area contributed by atoms with E-state index in [1.54, 1.807) is 0 Å². The second-order valence-electron chi connectivity index (χ2n) is 10.1. The van der Waals surface area contributed by atoms with Gasteiger partial charge < -0.3 is 15.2 Å². The molecule has 0 saturated heterocycles. The molecule has 0 spiro atoms. The van der Waals surface area contributed by atoms with E-state index in [1.807, 2.05) is 18.2 Å². The van der Waals surface area contributed by atoms with Gasteiger partial charge in [0.1, 0.15) is 12.4 Å². The fraction of sp³-hybridized carbons (Fsp3) is 0.536. The highest BCUT2D eigenvalue weighted by Gasteiger charge is 2.54. The second-order valence-corrected chi connectivity index (χ2v) is 10.1. The van der Waals surface area contributed by atoms with Crippen molar-refractivity contribution in [2.24, 2.45) is 5.92 Å². The van der Waals surface area contributed by atoms with Crippen LogP contribution in [0.25, 0.3) is 0 Å². The first-order valence-corrected chi connectivity index (χ1v) is 12.4. The van der Waals surface area contributed by atoms with E-state index in [0.717, 1.165) is 69.1 Å². The van der Waals surface area contributed by atoms with Crippen LogP contribution in [0.1, 0.15) is 74.5 Å². The Labute approximate surface area is 191 Å². The number of rotatable bonds is 7. The molecule has 32 heavy (non-hydrogen) atoms. The molecule has 5 rings (SSSR count). The first kappa shape index (κ1) is 21.5. The van der Waals surface area contributed by atoms with Crippen molar-refractivity contribution in [3.8, 4) is 5.75 Å². The van der Waals surface area contributed by atoms with Crippen LogP contribution in [0.15, 0.2) is 48.5 Å². The molecule has 2 fully saturated rings. The summed E-state index contributed by atoms with van der Waals surface area (Å²) in [6, 6.07) is 16.7. The lowest BCUT2D eigenvalue weighted by molar-refractivity contribution is -0.128. The summed E-state index contributed by atoms with van der Waals surface area (Å²) in [7, 11) is 0. The van der Waals surface area contributed by atoms with E-state index in [9.17, 15) is 9.90 Å². The minimum absolute atomic E-state index is 0.197. The Hall–Kier alpha value is -2.33. The number of amides is 1. The van der Waals surface area contributed by atoms with Crippen molar-refractivity contribution in [3.63, 3.8) is 0 Å². The summed E-state index contributed by atoms with van der Waals surface area (Å²) in [5.74, 6) is 1.26. The Morgan fingerprint density at radius 2 is 1.84 bits per heavy atom. The van der Waals surface area contributed by atoms with Crippen molar-refractivity contribution >= 4 is 5.91 Å². The van der Waals surface area contributed by atoms with Crippen LogP contribution in [0, 0.1) is 5.92 Å². The summed E-state index contributed by atoms with van der Waals surface area (Å²) < 4.78 is 6.16. The average Bonchev–Trinajstić information content (AvgIpc) is 2.77. The maximum Gasteiger partial charge on any atom is 0.223 e. The molecular formula is C28H35NO3. The number of aryl methyl sites for hydroxylation is 1. The predicted molar refractivity (Wildman–Crippen MR) is 126 cm³/mol. The molecule has 3 aliphatic rings. The third-order valence-electron chi connectivity index (χ3n) is 8.31. The molecule has 2 saturated carbocycles. The van der Waals surface area contributed by atoms with Crippen LogP contribution >= 0.6 is 0 Å². The average molecular weight is 434 g/mol. The molecular weight excluding hydrogens is 398 g/mol. The van der Waals surface area contributed by atoms with Crippen molar-refractivity contribution in [3.05, 3.63) is 65.2 Å². The predicted octanol–water partition coefficient (Wildman–Crippen LogP) is 5.06. The number of hydrogen-bond acceptors (Lipinski definition) is 3. The van der Waals surface area contributed by atoms with Gasteiger partial charge >= 0.3 is 0 Å². The highest BCUT2D eigenvalue weighted by Crippen LogP contribution is 2.55. The molecule has 2 N–H and O–H groups in total. The Morgan fingerprint density at radius 1 is 1.03 bits per heavy atom. The van der Waals surface area contributed by atoms with E-state index < -0.39 is 5.60 Å². The lowest BCUT2D eigenvalue weighted by Crippen LogP contribution is -2.57. The number of nitrogens with one attached hydrogen (secondary N) is 1. The smallest absolute Gasteiger partial charge is 0.223 e. The van der Waals surface area contributed by atoms with Crippen LogP contribution in [0.5, 0.6) is 5.75 Å². The molecule has 170 valence electrons. The highest BCUT2D eigenvalue weighted by molar-refractivity contribution is 5.79. The maximum absolute atomic E-state index is 12.4. The largest absolute Gasteiger partial charge is 0.489 e. The van der Waals surface area contributed by atoms with Crippen LogP contribution in [-0.2, 0) is 23.2 Å². The van der Waals surface area contributed by atoms with Gasteiger partial charge in [0.2, 0.25) is 5.91 Å². The van der Waals surface area contributed by atoms with Gasteiger partial charge in [0.05, 0.1) is 5.60 Å². The van der Waals surface area contributed by atoms with Crippen LogP contribution < -0.4 is 10.1 Å². The minimum Gasteiger partial charge on any atom is -0.489 e. The van der Waals surface area contributed by atoms with Crippen molar-refractivity contribution < 1.29 is 14.6 Å². The van der Waals surface area contributed by atoms with Crippen LogP contribution in [0.4, 0.5) is 0 Å². The molecule has 0 aromatic heterocycles. The maximum atomic E-state index is 12.4. The minimum atomic E-state index is -0.697. The van der Waals surface area contributed by atoms with Gasteiger partial charge in [-0.15, -0.1) is 0 Å².